The van der Waals surface area contributed by atoms with Crippen LogP contribution in [-0.4, -0.2) is 64.7 Å². The lowest BCUT2D eigenvalue weighted by Gasteiger charge is -2.60. The van der Waals surface area contributed by atoms with E-state index in [-0.39, 0.29) is 36.3 Å². The highest BCUT2D eigenvalue weighted by Gasteiger charge is 2.65. The number of benzene rings is 2. The van der Waals surface area contributed by atoms with Gasteiger partial charge in [0.1, 0.15) is 11.4 Å². The quantitative estimate of drug-likeness (QED) is 0.0712. The molecule has 61 heavy (non-hydrogen) atoms. The van der Waals surface area contributed by atoms with E-state index in [9.17, 15) is 59.0 Å². The largest absolute Gasteiger partial charge is 0.508 e. The van der Waals surface area contributed by atoms with Gasteiger partial charge in [0.05, 0.1) is 24.4 Å². The summed E-state index contributed by atoms with van der Waals surface area (Å²) in [5.74, 6) is -7.68. The zero-order valence-corrected chi connectivity index (χ0v) is 35.8. The zero-order chi connectivity index (χ0) is 45.6. The predicted octanol–water partition coefficient (Wildman–Crippen LogP) is 10.4. The Kier molecular flexibility index (Phi) is 14.0. The van der Waals surface area contributed by atoms with Crippen LogP contribution in [0.4, 0.5) is 30.7 Å². The molecule has 342 valence electrons. The number of rotatable bonds is 19. The van der Waals surface area contributed by atoms with Crippen LogP contribution < -0.4 is 0 Å². The number of carbonyl (C=O) groups excluding carboxylic acids is 2. The first-order valence-electron chi connectivity index (χ1n) is 20.9. The number of aliphatic hydroxyl groups is 1. The molecule has 17 heteroatoms. The van der Waals surface area contributed by atoms with Crippen molar-refractivity contribution in [3.05, 3.63) is 65.2 Å². The fraction of sp³-hybridized carbons (Fsp3) is 0.682. The van der Waals surface area contributed by atoms with Gasteiger partial charge in [-0.3, -0.25) is 14.1 Å². The summed E-state index contributed by atoms with van der Waals surface area (Å²) in [6, 6.07) is 11.7. The number of hydrogen-bond donors (Lipinski definition) is 3. The number of halogens is 7. The molecule has 0 heterocycles. The van der Waals surface area contributed by atoms with Gasteiger partial charge in [0.25, 0.3) is 0 Å². The van der Waals surface area contributed by atoms with Crippen molar-refractivity contribution in [2.24, 2.45) is 35.0 Å². The second kappa shape index (κ2) is 17.6. The van der Waals surface area contributed by atoms with Crippen LogP contribution in [0.25, 0.3) is 0 Å². The molecule has 2 aromatic carbocycles. The van der Waals surface area contributed by atoms with Crippen molar-refractivity contribution >= 4 is 22.1 Å². The molecule has 0 radical (unpaired) electrons. The number of phenols is 1. The molecule has 4 aliphatic rings. The van der Waals surface area contributed by atoms with E-state index in [0.29, 0.717) is 43.6 Å². The van der Waals surface area contributed by atoms with Crippen molar-refractivity contribution in [1.29, 1.82) is 0 Å². The summed E-state index contributed by atoms with van der Waals surface area (Å²) in [4.78, 5) is 28.4. The maximum Gasteiger partial charge on any atom is 0.431 e. The lowest BCUT2D eigenvalue weighted by Crippen LogP contribution is -2.59. The number of phenolic OH excluding ortho intramolecular Hbond substituents is 1. The average Bonchev–Trinajstić information content (AvgIpc) is 3.16. The van der Waals surface area contributed by atoms with Crippen molar-refractivity contribution in [2.45, 2.75) is 146 Å². The van der Waals surface area contributed by atoms with Gasteiger partial charge in [-0.1, -0.05) is 50.2 Å². The van der Waals surface area contributed by atoms with E-state index < -0.39 is 86.5 Å². The second-order valence-electron chi connectivity index (χ2n) is 18.5. The third-order valence-electron chi connectivity index (χ3n) is 13.9. The molecular weight excluding hydrogens is 838 g/mol. The van der Waals surface area contributed by atoms with Gasteiger partial charge < -0.3 is 19.7 Å². The van der Waals surface area contributed by atoms with Crippen LogP contribution in [0.5, 0.6) is 5.75 Å². The minimum absolute atomic E-state index is 0.0157. The third-order valence-corrected chi connectivity index (χ3v) is 14.8. The fourth-order valence-electron chi connectivity index (χ4n) is 10.4. The van der Waals surface area contributed by atoms with E-state index in [2.05, 4.69) is 0 Å². The topological polar surface area (TPSA) is 147 Å². The lowest BCUT2D eigenvalue weighted by molar-refractivity contribution is -0.258. The van der Waals surface area contributed by atoms with Crippen LogP contribution in [0, 0.1) is 35.0 Å². The van der Waals surface area contributed by atoms with Crippen molar-refractivity contribution in [3.8, 4) is 5.75 Å². The number of carbonyl (C=O) groups is 2. The van der Waals surface area contributed by atoms with Gasteiger partial charge in [-0.2, -0.15) is 39.2 Å². The second-order valence-corrected chi connectivity index (χ2v) is 19.9. The van der Waals surface area contributed by atoms with E-state index >= 15 is 0 Å². The summed E-state index contributed by atoms with van der Waals surface area (Å²) in [7, 11) is -6.52. The summed E-state index contributed by atoms with van der Waals surface area (Å²) in [5, 5.41) is 14.5. The molecule has 0 aliphatic heterocycles. The number of aromatic hydroxyl groups is 1. The number of alkyl halides is 7. The SMILES string of the molecule is CCC(CC(CC(CC(C)(C)C(=O)OCCC(F)(F)C(F)(F)S(=O)(=O)O)C(=O)OC1(CC)C2CC3CC(C2)CC1C3)c1ccc(C(C)(O)C(F)(F)F)cc1)c1ccc(O)cc1. The maximum atomic E-state index is 14.9. The first kappa shape index (κ1) is 48.6. The zero-order valence-electron chi connectivity index (χ0n) is 35.0. The van der Waals surface area contributed by atoms with Crippen LogP contribution in [0.15, 0.2) is 48.5 Å². The van der Waals surface area contributed by atoms with E-state index in [4.69, 9.17) is 14.0 Å². The molecule has 4 fully saturated rings. The van der Waals surface area contributed by atoms with Crippen molar-refractivity contribution in [3.63, 3.8) is 0 Å². The smallest absolute Gasteiger partial charge is 0.431 e. The van der Waals surface area contributed by atoms with Crippen molar-refractivity contribution in [1.82, 2.24) is 0 Å². The normalized spacial score (nSPS) is 25.7. The van der Waals surface area contributed by atoms with Gasteiger partial charge in [0.15, 0.2) is 5.60 Å². The summed E-state index contributed by atoms with van der Waals surface area (Å²) < 4.78 is 140. The van der Waals surface area contributed by atoms with E-state index in [1.807, 2.05) is 13.8 Å². The molecule has 2 aromatic rings. The van der Waals surface area contributed by atoms with Gasteiger partial charge in [-0.25, -0.2) is 0 Å². The minimum Gasteiger partial charge on any atom is -0.508 e. The van der Waals surface area contributed by atoms with Gasteiger partial charge in [-0.15, -0.1) is 0 Å². The molecule has 0 spiro atoms. The van der Waals surface area contributed by atoms with Crippen molar-refractivity contribution < 1.29 is 73.0 Å². The summed E-state index contributed by atoms with van der Waals surface area (Å²) in [6.45, 7) is 5.91. The van der Waals surface area contributed by atoms with Crippen LogP contribution in [0.1, 0.15) is 134 Å². The van der Waals surface area contributed by atoms with Crippen LogP contribution in [0.2, 0.25) is 0 Å². The molecular formula is C44H57F7O9S. The first-order chi connectivity index (χ1) is 28.1. The Hall–Kier alpha value is -3.44. The third kappa shape index (κ3) is 10.0. The number of hydrogen-bond acceptors (Lipinski definition) is 8. The van der Waals surface area contributed by atoms with E-state index in [1.165, 1.54) is 38.1 Å². The highest BCUT2D eigenvalue weighted by atomic mass is 32.2. The Bertz CT molecular complexity index is 1940. The molecule has 3 N–H and O–H groups in total. The molecule has 0 aromatic heterocycles. The highest BCUT2D eigenvalue weighted by Crippen LogP contribution is 2.61. The highest BCUT2D eigenvalue weighted by molar-refractivity contribution is 7.87. The summed E-state index contributed by atoms with van der Waals surface area (Å²) >= 11 is 0. The molecule has 9 nitrogen and oxygen atoms in total. The molecule has 0 amide bonds. The molecule has 4 atom stereocenters. The Morgan fingerprint density at radius 2 is 1.31 bits per heavy atom. The van der Waals surface area contributed by atoms with Crippen molar-refractivity contribution in [2.75, 3.05) is 6.61 Å². The fourth-order valence-corrected chi connectivity index (χ4v) is 10.9. The van der Waals surface area contributed by atoms with Gasteiger partial charge in [-0.05, 0) is 149 Å². The minimum atomic E-state index is -6.52. The lowest BCUT2D eigenvalue weighted by atomic mass is 9.49. The van der Waals surface area contributed by atoms with Crippen LogP contribution in [-0.2, 0) is 34.8 Å². The summed E-state index contributed by atoms with van der Waals surface area (Å²) in [5.41, 5.74) is -4.68. The molecule has 4 bridgehead atoms. The van der Waals surface area contributed by atoms with Crippen LogP contribution >= 0.6 is 0 Å². The van der Waals surface area contributed by atoms with Gasteiger partial charge in [0, 0.05) is 0 Å². The molecule has 4 aliphatic carbocycles. The van der Waals surface area contributed by atoms with Gasteiger partial charge in [0.2, 0.25) is 0 Å². The Labute approximate surface area is 352 Å². The standard InChI is InChI=1S/C44H57F7O9S/c1-6-28(29-10-14-36(52)15-11-29)23-31(30-8-12-33(13-9-30)40(5,55)43(47,48)49)24-32(37(53)60-41(7-2)34-19-26-18-27(21-34)22-35(41)20-26)25-39(3,4)38(54)59-17-16-42(45,46)44(50,51)61(56,57)58/h8-15,26-28,31-32,34-35,52,55H,6-7,16-25H2,1-5H3,(H,56,57,58). The molecule has 6 rings (SSSR count). The number of ether oxygens (including phenoxy) is 2. The molecule has 4 saturated carbocycles. The van der Waals surface area contributed by atoms with E-state index in [1.54, 1.807) is 12.1 Å². The Morgan fingerprint density at radius 1 is 0.803 bits per heavy atom. The van der Waals surface area contributed by atoms with E-state index in [0.717, 1.165) is 49.8 Å². The monoisotopic (exact) mass is 894 g/mol. The maximum absolute atomic E-state index is 14.9. The predicted molar refractivity (Wildman–Crippen MR) is 210 cm³/mol. The van der Waals surface area contributed by atoms with Gasteiger partial charge >= 0.3 is 39.4 Å². The molecule has 0 saturated heterocycles. The first-order valence-corrected chi connectivity index (χ1v) is 22.3. The Morgan fingerprint density at radius 3 is 1.79 bits per heavy atom. The molecule has 4 unspecified atom stereocenters. The summed E-state index contributed by atoms with van der Waals surface area (Å²) in [6.07, 6.45) is -1.07. The average molecular weight is 895 g/mol. The van der Waals surface area contributed by atoms with Crippen LogP contribution in [0.3, 0.4) is 0 Å². The Balaban J connectivity index is 1.50. The number of esters is 2.